The predicted molar refractivity (Wildman–Crippen MR) is 136 cm³/mol. The Hall–Kier alpha value is -3.50. The minimum absolute atomic E-state index is 0.438. The van der Waals surface area contributed by atoms with E-state index in [0.717, 1.165) is 54.9 Å². The van der Waals surface area contributed by atoms with Gasteiger partial charge in [0.2, 0.25) is 5.96 Å². The summed E-state index contributed by atoms with van der Waals surface area (Å²) in [4.78, 5) is 30.2. The van der Waals surface area contributed by atoms with Crippen molar-refractivity contribution in [3.8, 4) is 11.4 Å². The van der Waals surface area contributed by atoms with E-state index in [0.29, 0.717) is 23.5 Å². The van der Waals surface area contributed by atoms with Gasteiger partial charge < -0.3 is 10.2 Å². The zero-order chi connectivity index (χ0) is 23.3. The number of aliphatic imine (C=N–C) groups is 2. The number of rotatable bonds is 6. The fraction of sp³-hybridized carbons (Fsp3) is 0.417. The lowest BCUT2D eigenvalue weighted by molar-refractivity contribution is 0.586. The molecule has 10 nitrogen and oxygen atoms in total. The van der Waals surface area contributed by atoms with Gasteiger partial charge in [0.1, 0.15) is 5.82 Å². The predicted octanol–water partition coefficient (Wildman–Crippen LogP) is 2.57. The van der Waals surface area contributed by atoms with Crippen molar-refractivity contribution in [3.63, 3.8) is 0 Å². The van der Waals surface area contributed by atoms with E-state index in [2.05, 4.69) is 41.0 Å². The Morgan fingerprint density at radius 3 is 2.85 bits per heavy atom. The molecule has 3 aromatic rings. The van der Waals surface area contributed by atoms with Crippen molar-refractivity contribution in [2.24, 2.45) is 9.98 Å². The third-order valence-electron chi connectivity index (χ3n) is 5.91. The van der Waals surface area contributed by atoms with Crippen molar-refractivity contribution >= 4 is 34.7 Å². The van der Waals surface area contributed by atoms with Crippen molar-refractivity contribution in [1.82, 2.24) is 36.1 Å². The van der Waals surface area contributed by atoms with Crippen LogP contribution in [-0.4, -0.2) is 65.3 Å². The Balaban J connectivity index is 1.59. The maximum absolute atomic E-state index is 5.10. The molecule has 0 aromatic carbocycles. The molecule has 4 heterocycles. The summed E-state index contributed by atoms with van der Waals surface area (Å²) in [6, 6.07) is 3.81. The molecule has 1 saturated heterocycles. The first-order valence-electron chi connectivity index (χ1n) is 11.9. The molecule has 2 aliphatic rings. The fourth-order valence-electron chi connectivity index (χ4n) is 4.13. The standard InChI is InChI=1S/C24H30N10/c1-3-7-29-24(33-25-2)31-20-13-17(6-8-28-20)22-30-19-15-27-14-18(16-4-5-16)21(19)23(32-22)34-11-9-26-10-12-34/h6-8,13-16,25-26H,3-5,9-12H2,1-2H3,(H,28,31,33). The molecule has 34 heavy (non-hydrogen) atoms. The average Bonchev–Trinajstić information content (AvgIpc) is 3.73. The summed E-state index contributed by atoms with van der Waals surface area (Å²) in [6.45, 7) is 5.74. The van der Waals surface area contributed by atoms with E-state index >= 15 is 0 Å². The van der Waals surface area contributed by atoms with Gasteiger partial charge in [-0.25, -0.2) is 25.4 Å². The highest BCUT2D eigenvalue weighted by atomic mass is 15.4. The SMILES string of the molecule is CCC=NC(=Nc1cc(-c2nc(N3CCNCC3)c3c(C4CC4)cncc3n2)ccn1)NNC. The summed E-state index contributed by atoms with van der Waals surface area (Å²) in [5.74, 6) is 3.18. The molecule has 3 N–H and O–H groups in total. The monoisotopic (exact) mass is 458 g/mol. The van der Waals surface area contributed by atoms with E-state index in [1.807, 2.05) is 31.5 Å². The van der Waals surface area contributed by atoms with Crippen molar-refractivity contribution in [2.75, 3.05) is 38.1 Å². The highest BCUT2D eigenvalue weighted by Crippen LogP contribution is 2.44. The van der Waals surface area contributed by atoms with Crippen LogP contribution in [-0.2, 0) is 0 Å². The maximum atomic E-state index is 5.10. The van der Waals surface area contributed by atoms with Crippen molar-refractivity contribution in [3.05, 3.63) is 36.3 Å². The van der Waals surface area contributed by atoms with Crippen molar-refractivity contribution < 1.29 is 0 Å². The van der Waals surface area contributed by atoms with Crippen molar-refractivity contribution in [1.29, 1.82) is 0 Å². The number of nitrogens with zero attached hydrogens (tertiary/aromatic N) is 7. The third-order valence-corrected chi connectivity index (χ3v) is 5.91. The number of aromatic nitrogens is 4. The van der Waals surface area contributed by atoms with Crippen LogP contribution < -0.4 is 21.1 Å². The van der Waals surface area contributed by atoms with E-state index < -0.39 is 0 Å². The van der Waals surface area contributed by atoms with Crippen LogP contribution in [0.2, 0.25) is 0 Å². The zero-order valence-electron chi connectivity index (χ0n) is 19.6. The van der Waals surface area contributed by atoms with Crippen LogP contribution in [0.4, 0.5) is 11.6 Å². The normalized spacial score (nSPS) is 17.0. The third kappa shape index (κ3) is 4.87. The molecule has 0 radical (unpaired) electrons. The second-order valence-electron chi connectivity index (χ2n) is 8.44. The largest absolute Gasteiger partial charge is 0.353 e. The number of guanidine groups is 1. The summed E-state index contributed by atoms with van der Waals surface area (Å²) in [5.41, 5.74) is 8.81. The van der Waals surface area contributed by atoms with Gasteiger partial charge in [0.15, 0.2) is 11.6 Å². The van der Waals surface area contributed by atoms with E-state index in [-0.39, 0.29) is 0 Å². The van der Waals surface area contributed by atoms with Crippen molar-refractivity contribution in [2.45, 2.75) is 32.1 Å². The number of fused-ring (bicyclic) bond motifs is 1. The number of hydrazine groups is 1. The van der Waals surface area contributed by atoms with Crippen LogP contribution in [0.15, 0.2) is 40.7 Å². The Bertz CT molecular complexity index is 1210. The lowest BCUT2D eigenvalue weighted by atomic mass is 10.1. The van der Waals surface area contributed by atoms with Gasteiger partial charge in [0, 0.05) is 62.8 Å². The number of pyridine rings is 2. The number of piperazine rings is 1. The molecule has 5 rings (SSSR count). The van der Waals surface area contributed by atoms with Crippen LogP contribution in [0.25, 0.3) is 22.3 Å². The maximum Gasteiger partial charge on any atom is 0.238 e. The number of anilines is 1. The quantitative estimate of drug-likeness (QED) is 0.293. The zero-order valence-corrected chi connectivity index (χ0v) is 19.6. The van der Waals surface area contributed by atoms with Crippen LogP contribution >= 0.6 is 0 Å². The second kappa shape index (κ2) is 10.2. The first-order valence-corrected chi connectivity index (χ1v) is 11.9. The van der Waals surface area contributed by atoms with Gasteiger partial charge in [-0.15, -0.1) is 0 Å². The highest BCUT2D eigenvalue weighted by Gasteiger charge is 2.29. The van der Waals surface area contributed by atoms with E-state index in [4.69, 9.17) is 9.97 Å². The molecular weight excluding hydrogens is 428 g/mol. The molecule has 1 aliphatic carbocycles. The number of hydrogen-bond donors (Lipinski definition) is 3. The number of nitrogens with one attached hydrogen (secondary N) is 3. The van der Waals surface area contributed by atoms with Gasteiger partial charge in [-0.3, -0.25) is 10.4 Å². The van der Waals surface area contributed by atoms with Gasteiger partial charge >= 0.3 is 0 Å². The summed E-state index contributed by atoms with van der Waals surface area (Å²) in [5, 5.41) is 4.58. The molecule has 3 aromatic heterocycles. The van der Waals surface area contributed by atoms with E-state index in [1.54, 1.807) is 19.5 Å². The summed E-state index contributed by atoms with van der Waals surface area (Å²) >= 11 is 0. The molecule has 1 saturated carbocycles. The molecule has 10 heteroatoms. The molecule has 176 valence electrons. The molecule has 0 amide bonds. The van der Waals surface area contributed by atoms with Gasteiger partial charge in [0.05, 0.1) is 11.7 Å². The van der Waals surface area contributed by atoms with E-state index in [9.17, 15) is 0 Å². The Morgan fingerprint density at radius 1 is 1.24 bits per heavy atom. The van der Waals surface area contributed by atoms with Gasteiger partial charge in [-0.2, -0.15) is 4.99 Å². The second-order valence-corrected chi connectivity index (χ2v) is 8.44. The van der Waals surface area contributed by atoms with Crippen LogP contribution in [0, 0.1) is 0 Å². The fourth-order valence-corrected chi connectivity index (χ4v) is 4.13. The van der Waals surface area contributed by atoms with Gasteiger partial charge in [-0.05, 0) is 42.9 Å². The van der Waals surface area contributed by atoms with E-state index in [1.165, 1.54) is 18.4 Å². The van der Waals surface area contributed by atoms with Crippen LogP contribution in [0.5, 0.6) is 0 Å². The average molecular weight is 459 g/mol. The Kier molecular flexibility index (Phi) is 6.68. The topological polar surface area (TPSA) is 116 Å². The first-order chi connectivity index (χ1) is 16.8. The lowest BCUT2D eigenvalue weighted by Gasteiger charge is -2.30. The lowest BCUT2D eigenvalue weighted by Crippen LogP contribution is -2.44. The van der Waals surface area contributed by atoms with Crippen LogP contribution in [0.1, 0.15) is 37.7 Å². The molecule has 1 aliphatic heterocycles. The minimum Gasteiger partial charge on any atom is -0.353 e. The minimum atomic E-state index is 0.438. The summed E-state index contributed by atoms with van der Waals surface area (Å²) < 4.78 is 0. The highest BCUT2D eigenvalue weighted by molar-refractivity contribution is 5.94. The molecule has 0 atom stereocenters. The van der Waals surface area contributed by atoms with Gasteiger partial charge in [0.25, 0.3) is 0 Å². The smallest absolute Gasteiger partial charge is 0.238 e. The molecule has 0 spiro atoms. The first kappa shape index (κ1) is 22.3. The molecule has 2 fully saturated rings. The Morgan fingerprint density at radius 2 is 2.09 bits per heavy atom. The van der Waals surface area contributed by atoms with Crippen LogP contribution in [0.3, 0.4) is 0 Å². The Labute approximate surface area is 199 Å². The number of hydrogen-bond acceptors (Lipinski definition) is 8. The summed E-state index contributed by atoms with van der Waals surface area (Å²) in [7, 11) is 1.77. The molecular formula is C24H30N10. The molecule has 0 bridgehead atoms. The molecule has 0 unspecified atom stereocenters. The van der Waals surface area contributed by atoms with Gasteiger partial charge in [-0.1, -0.05) is 6.92 Å². The summed E-state index contributed by atoms with van der Waals surface area (Å²) in [6.07, 6.45) is 10.6.